The van der Waals surface area contributed by atoms with Crippen molar-refractivity contribution >= 4 is 34.1 Å². The number of piperazine rings is 1. The molecule has 0 radical (unpaired) electrons. The van der Waals surface area contributed by atoms with Gasteiger partial charge in [0, 0.05) is 37.6 Å². The molecule has 0 spiro atoms. The average molecular weight is 421 g/mol. The molecule has 1 aliphatic heterocycles. The van der Waals surface area contributed by atoms with Gasteiger partial charge in [-0.2, -0.15) is 0 Å². The van der Waals surface area contributed by atoms with Crippen LogP contribution in [0.3, 0.4) is 0 Å². The molecule has 2 aromatic heterocycles. The first kappa shape index (κ1) is 19.2. The summed E-state index contributed by atoms with van der Waals surface area (Å²) in [6.07, 6.45) is 2.20. The van der Waals surface area contributed by atoms with Crippen LogP contribution in [0, 0.1) is 0 Å². The lowest BCUT2D eigenvalue weighted by Crippen LogP contribution is -2.51. The van der Waals surface area contributed by atoms with Gasteiger partial charge in [0.1, 0.15) is 0 Å². The van der Waals surface area contributed by atoms with E-state index >= 15 is 0 Å². The van der Waals surface area contributed by atoms with Crippen LogP contribution in [0.25, 0.3) is 21.5 Å². The first-order valence-electron chi connectivity index (χ1n) is 10.4. The Labute approximate surface area is 179 Å². The minimum atomic E-state index is 0.0356. The number of nitrogens with one attached hydrogen (secondary N) is 1. The van der Waals surface area contributed by atoms with Crippen LogP contribution in [0.1, 0.15) is 23.2 Å². The summed E-state index contributed by atoms with van der Waals surface area (Å²) < 4.78 is 0. The number of amides is 2. The zero-order valence-corrected chi connectivity index (χ0v) is 17.5. The Morgan fingerprint density at radius 3 is 2.60 bits per heavy atom. The molecule has 2 fully saturated rings. The molecule has 1 aliphatic carbocycles. The Morgan fingerprint density at radius 1 is 1.07 bits per heavy atom. The monoisotopic (exact) mass is 420 g/mol. The highest BCUT2D eigenvalue weighted by Gasteiger charge is 2.27. The highest BCUT2D eigenvalue weighted by molar-refractivity contribution is 7.13. The first-order chi connectivity index (χ1) is 14.7. The maximum absolute atomic E-state index is 13.4. The van der Waals surface area contributed by atoms with Crippen LogP contribution in [0.5, 0.6) is 0 Å². The highest BCUT2D eigenvalue weighted by atomic mass is 32.1. The molecule has 7 heteroatoms. The molecule has 2 amide bonds. The van der Waals surface area contributed by atoms with E-state index in [0.717, 1.165) is 34.3 Å². The minimum Gasteiger partial charge on any atom is -0.352 e. The van der Waals surface area contributed by atoms with Crippen molar-refractivity contribution in [2.24, 2.45) is 0 Å². The number of rotatable bonds is 5. The maximum Gasteiger partial charge on any atom is 0.254 e. The summed E-state index contributed by atoms with van der Waals surface area (Å²) in [5, 5.41) is 5.94. The van der Waals surface area contributed by atoms with Crippen molar-refractivity contribution in [1.29, 1.82) is 0 Å². The molecular formula is C23H24N4O2S. The third-order valence-electron chi connectivity index (χ3n) is 5.69. The highest BCUT2D eigenvalue weighted by Crippen LogP contribution is 2.28. The molecule has 1 aromatic carbocycles. The van der Waals surface area contributed by atoms with Crippen molar-refractivity contribution < 1.29 is 9.59 Å². The summed E-state index contributed by atoms with van der Waals surface area (Å²) in [7, 11) is 0. The molecule has 1 N–H and O–H groups in total. The van der Waals surface area contributed by atoms with E-state index in [-0.39, 0.29) is 11.8 Å². The van der Waals surface area contributed by atoms with Crippen LogP contribution >= 0.6 is 11.3 Å². The zero-order chi connectivity index (χ0) is 20.5. The molecule has 0 unspecified atom stereocenters. The predicted molar refractivity (Wildman–Crippen MR) is 119 cm³/mol. The number of hydrogen-bond acceptors (Lipinski definition) is 5. The number of hydrogen-bond donors (Lipinski definition) is 1. The molecule has 2 aliphatic rings. The van der Waals surface area contributed by atoms with Gasteiger partial charge in [0.05, 0.1) is 28.2 Å². The summed E-state index contributed by atoms with van der Waals surface area (Å²) in [6.45, 7) is 3.09. The topological polar surface area (TPSA) is 65.5 Å². The summed E-state index contributed by atoms with van der Waals surface area (Å²) >= 11 is 1.62. The fourth-order valence-corrected chi connectivity index (χ4v) is 4.57. The maximum atomic E-state index is 13.4. The lowest BCUT2D eigenvalue weighted by molar-refractivity contribution is -0.122. The van der Waals surface area contributed by atoms with Gasteiger partial charge in [0.25, 0.3) is 5.91 Å². The second-order valence-corrected chi connectivity index (χ2v) is 8.91. The number of para-hydroxylation sites is 1. The van der Waals surface area contributed by atoms with Crippen LogP contribution in [-0.2, 0) is 4.79 Å². The van der Waals surface area contributed by atoms with Crippen molar-refractivity contribution in [3.63, 3.8) is 0 Å². The van der Waals surface area contributed by atoms with E-state index in [2.05, 4.69) is 10.2 Å². The Hall–Kier alpha value is -2.77. The molecule has 0 bridgehead atoms. The normalized spacial score (nSPS) is 17.3. The number of pyridine rings is 1. The van der Waals surface area contributed by atoms with Gasteiger partial charge in [-0.3, -0.25) is 14.5 Å². The molecule has 3 aromatic rings. The summed E-state index contributed by atoms with van der Waals surface area (Å²) in [4.78, 5) is 35.3. The largest absolute Gasteiger partial charge is 0.352 e. The van der Waals surface area contributed by atoms with Crippen LogP contribution in [0.4, 0.5) is 0 Å². The Morgan fingerprint density at radius 2 is 1.87 bits per heavy atom. The fraction of sp³-hybridized carbons (Fsp3) is 0.348. The average Bonchev–Trinajstić information content (AvgIpc) is 3.40. The standard InChI is InChI=1S/C23H24N4O2S/c28-22(24-16-7-8-16)15-26-9-11-27(12-10-26)23(29)18-14-20(21-6-3-13-30-21)25-19-5-2-1-4-17(18)19/h1-6,13-14,16H,7-12,15H2,(H,24,28). The van der Waals surface area contributed by atoms with Crippen molar-refractivity contribution in [3.8, 4) is 10.6 Å². The molecule has 1 saturated heterocycles. The number of thiophene rings is 1. The Bertz CT molecular complexity index is 1070. The van der Waals surface area contributed by atoms with E-state index in [1.165, 1.54) is 0 Å². The Kier molecular flexibility index (Phi) is 5.23. The zero-order valence-electron chi connectivity index (χ0n) is 16.7. The van der Waals surface area contributed by atoms with Gasteiger partial charge >= 0.3 is 0 Å². The molecule has 1 saturated carbocycles. The minimum absolute atomic E-state index is 0.0356. The second kappa shape index (κ2) is 8.16. The lowest BCUT2D eigenvalue weighted by atomic mass is 10.1. The van der Waals surface area contributed by atoms with Gasteiger partial charge in [-0.1, -0.05) is 24.3 Å². The predicted octanol–water partition coefficient (Wildman–Crippen LogP) is 3.00. The summed E-state index contributed by atoms with van der Waals surface area (Å²) in [5.41, 5.74) is 2.37. The van der Waals surface area contributed by atoms with Gasteiger partial charge in [-0.25, -0.2) is 4.98 Å². The van der Waals surface area contributed by atoms with E-state index < -0.39 is 0 Å². The van der Waals surface area contributed by atoms with Gasteiger partial charge in [-0.05, 0) is 36.4 Å². The lowest BCUT2D eigenvalue weighted by Gasteiger charge is -2.34. The quantitative estimate of drug-likeness (QED) is 0.689. The summed E-state index contributed by atoms with van der Waals surface area (Å²) in [5.74, 6) is 0.131. The van der Waals surface area contributed by atoms with Gasteiger partial charge in [0.15, 0.2) is 0 Å². The fourth-order valence-electron chi connectivity index (χ4n) is 3.89. The third kappa shape index (κ3) is 4.08. The van der Waals surface area contributed by atoms with Crippen molar-refractivity contribution in [3.05, 3.63) is 53.4 Å². The van der Waals surface area contributed by atoms with E-state index in [0.29, 0.717) is 44.3 Å². The molecular weight excluding hydrogens is 396 g/mol. The van der Waals surface area contributed by atoms with Gasteiger partial charge in [0.2, 0.25) is 5.91 Å². The smallest absolute Gasteiger partial charge is 0.254 e. The number of fused-ring (bicyclic) bond motifs is 1. The first-order valence-corrected chi connectivity index (χ1v) is 11.3. The van der Waals surface area contributed by atoms with E-state index in [1.807, 2.05) is 52.7 Å². The molecule has 5 rings (SSSR count). The number of carbonyl (C=O) groups is 2. The second-order valence-electron chi connectivity index (χ2n) is 7.96. The molecule has 0 atom stereocenters. The van der Waals surface area contributed by atoms with Crippen molar-refractivity contribution in [2.75, 3.05) is 32.7 Å². The number of benzene rings is 1. The molecule has 154 valence electrons. The van der Waals surface area contributed by atoms with Crippen molar-refractivity contribution in [1.82, 2.24) is 20.1 Å². The van der Waals surface area contributed by atoms with E-state index in [1.54, 1.807) is 11.3 Å². The number of nitrogens with zero attached hydrogens (tertiary/aromatic N) is 3. The van der Waals surface area contributed by atoms with Crippen LogP contribution in [-0.4, -0.2) is 65.4 Å². The van der Waals surface area contributed by atoms with Gasteiger partial charge in [-0.15, -0.1) is 11.3 Å². The number of aromatic nitrogens is 1. The van der Waals surface area contributed by atoms with Crippen LogP contribution in [0.2, 0.25) is 0 Å². The summed E-state index contributed by atoms with van der Waals surface area (Å²) in [6, 6.07) is 14.2. The van der Waals surface area contributed by atoms with Crippen LogP contribution in [0.15, 0.2) is 47.8 Å². The number of carbonyl (C=O) groups excluding carboxylic acids is 2. The molecule has 6 nitrogen and oxygen atoms in total. The third-order valence-corrected chi connectivity index (χ3v) is 6.58. The van der Waals surface area contributed by atoms with Crippen LogP contribution < -0.4 is 5.32 Å². The van der Waals surface area contributed by atoms with Crippen molar-refractivity contribution in [2.45, 2.75) is 18.9 Å². The molecule has 30 heavy (non-hydrogen) atoms. The van der Waals surface area contributed by atoms with E-state index in [9.17, 15) is 9.59 Å². The molecule has 3 heterocycles. The SMILES string of the molecule is O=C(CN1CCN(C(=O)c2cc(-c3cccs3)nc3ccccc23)CC1)NC1CC1. The van der Waals surface area contributed by atoms with E-state index in [4.69, 9.17) is 4.98 Å². The van der Waals surface area contributed by atoms with Gasteiger partial charge < -0.3 is 10.2 Å². The Balaban J connectivity index is 1.33.